The minimum Gasteiger partial charge on any atom is -0.497 e. The molecule has 1 fully saturated rings. The van der Waals surface area contributed by atoms with Crippen molar-refractivity contribution in [3.8, 4) is 11.5 Å². The number of fused-ring (bicyclic) bond motifs is 1. The number of ether oxygens (including phenoxy) is 2. The summed E-state index contributed by atoms with van der Waals surface area (Å²) in [6.45, 7) is 3.91. The van der Waals surface area contributed by atoms with Crippen LogP contribution in [-0.2, 0) is 11.2 Å². The number of hydrogen-bond donors (Lipinski definition) is 1. The van der Waals surface area contributed by atoms with E-state index in [9.17, 15) is 23.1 Å². The minimum absolute atomic E-state index is 0.0730. The lowest BCUT2D eigenvalue weighted by Crippen LogP contribution is -2.42. The number of likely N-dealkylation sites (tertiary alicyclic amines) is 1. The largest absolute Gasteiger partial charge is 0.497 e. The van der Waals surface area contributed by atoms with Crippen molar-refractivity contribution in [3.05, 3.63) is 65.1 Å². The summed E-state index contributed by atoms with van der Waals surface area (Å²) in [5, 5.41) is 10.7. The fourth-order valence-corrected chi connectivity index (χ4v) is 5.43. The molecular formula is C29H33F3N2O4. The van der Waals surface area contributed by atoms with Gasteiger partial charge in [-0.05, 0) is 86.9 Å². The van der Waals surface area contributed by atoms with Crippen molar-refractivity contribution in [1.82, 2.24) is 9.88 Å². The second-order valence-corrected chi connectivity index (χ2v) is 10.1. The van der Waals surface area contributed by atoms with Crippen LogP contribution in [0.5, 0.6) is 11.5 Å². The number of aromatic nitrogens is 1. The summed E-state index contributed by atoms with van der Waals surface area (Å²) in [6, 6.07) is 7.15. The van der Waals surface area contributed by atoms with E-state index in [1.165, 1.54) is 5.56 Å². The maximum absolute atomic E-state index is 13.8. The molecule has 204 valence electrons. The number of carbonyl (C=O) groups is 1. The quantitative estimate of drug-likeness (QED) is 0.310. The highest BCUT2D eigenvalue weighted by Gasteiger charge is 2.36. The van der Waals surface area contributed by atoms with E-state index in [0.29, 0.717) is 38.5 Å². The lowest BCUT2D eigenvalue weighted by atomic mass is 9.72. The van der Waals surface area contributed by atoms with Gasteiger partial charge in [-0.25, -0.2) is 8.78 Å². The number of aryl methyl sites for hydroxylation is 2. The van der Waals surface area contributed by atoms with Crippen LogP contribution in [-0.4, -0.2) is 54.3 Å². The Morgan fingerprint density at radius 1 is 1.16 bits per heavy atom. The van der Waals surface area contributed by atoms with Gasteiger partial charge in [0.15, 0.2) is 11.6 Å². The third kappa shape index (κ3) is 6.56. The average molecular weight is 531 g/mol. The summed E-state index contributed by atoms with van der Waals surface area (Å²) >= 11 is 0. The summed E-state index contributed by atoms with van der Waals surface area (Å²) in [6.07, 6.45) is 5.85. The zero-order valence-electron chi connectivity index (χ0n) is 21.7. The summed E-state index contributed by atoms with van der Waals surface area (Å²) in [4.78, 5) is 18.4. The van der Waals surface area contributed by atoms with Gasteiger partial charge in [-0.3, -0.25) is 14.7 Å². The molecule has 3 aromatic rings. The molecule has 1 saturated heterocycles. The predicted molar refractivity (Wildman–Crippen MR) is 138 cm³/mol. The molecule has 0 amide bonds. The third-order valence-corrected chi connectivity index (χ3v) is 7.60. The summed E-state index contributed by atoms with van der Waals surface area (Å²) in [5.74, 6) is -3.87. The first kappa shape index (κ1) is 27.7. The SMILES string of the molecule is COc1ccc2ncc(C)c(CCCC3(CC(=O)O)CCN(CCOc4cc(F)cc(F)c4F)CC3)c2c1. The highest BCUT2D eigenvalue weighted by atomic mass is 19.2. The van der Waals surface area contributed by atoms with E-state index >= 15 is 0 Å². The molecule has 0 unspecified atom stereocenters. The van der Waals surface area contributed by atoms with E-state index in [2.05, 4.69) is 9.88 Å². The Balaban J connectivity index is 1.35. The average Bonchev–Trinajstić information content (AvgIpc) is 2.88. The fourth-order valence-electron chi connectivity index (χ4n) is 5.43. The standard InChI is InChI=1S/C29H33F3N2O4/c1-19-18-33-25-6-5-21(37-2)16-23(25)22(19)4-3-7-29(17-27(35)36)8-10-34(11-9-29)12-13-38-26-15-20(30)14-24(31)28(26)32/h5-6,14-16,18H,3-4,7-13,17H2,1-2H3,(H,35,36). The Morgan fingerprint density at radius 3 is 2.63 bits per heavy atom. The maximum atomic E-state index is 13.8. The van der Waals surface area contributed by atoms with E-state index in [-0.39, 0.29) is 18.4 Å². The van der Waals surface area contributed by atoms with Crippen LogP contribution < -0.4 is 9.47 Å². The van der Waals surface area contributed by atoms with Crippen LogP contribution in [0.3, 0.4) is 0 Å². The minimum atomic E-state index is -1.29. The highest BCUT2D eigenvalue weighted by Crippen LogP contribution is 2.40. The van der Waals surface area contributed by atoms with Crippen molar-refractivity contribution in [3.63, 3.8) is 0 Å². The molecule has 9 heteroatoms. The zero-order chi connectivity index (χ0) is 27.3. The fraction of sp³-hybridized carbons (Fsp3) is 0.448. The third-order valence-electron chi connectivity index (χ3n) is 7.60. The molecule has 1 aromatic heterocycles. The van der Waals surface area contributed by atoms with Gasteiger partial charge < -0.3 is 14.6 Å². The van der Waals surface area contributed by atoms with Gasteiger partial charge in [0, 0.05) is 30.3 Å². The van der Waals surface area contributed by atoms with E-state index < -0.39 is 29.2 Å². The Kier molecular flexibility index (Phi) is 8.76. The molecule has 1 N–H and O–H groups in total. The number of methoxy groups -OCH3 is 1. The van der Waals surface area contributed by atoms with Gasteiger partial charge in [-0.1, -0.05) is 0 Å². The van der Waals surface area contributed by atoms with Crippen molar-refractivity contribution in [2.45, 2.75) is 45.4 Å². The molecular weight excluding hydrogens is 497 g/mol. The van der Waals surface area contributed by atoms with Crippen LogP contribution in [0.2, 0.25) is 0 Å². The molecule has 0 saturated carbocycles. The number of hydrogen-bond acceptors (Lipinski definition) is 5. The second-order valence-electron chi connectivity index (χ2n) is 10.1. The first-order valence-electron chi connectivity index (χ1n) is 12.8. The van der Waals surface area contributed by atoms with Gasteiger partial charge in [0.2, 0.25) is 5.82 Å². The second kappa shape index (κ2) is 12.0. The Hall–Kier alpha value is -3.33. The molecule has 0 spiro atoms. The van der Waals surface area contributed by atoms with Gasteiger partial charge in [-0.2, -0.15) is 4.39 Å². The summed E-state index contributed by atoms with van der Waals surface area (Å²) in [7, 11) is 1.64. The Morgan fingerprint density at radius 2 is 1.92 bits per heavy atom. The molecule has 1 aliphatic rings. The number of pyridine rings is 1. The number of rotatable bonds is 11. The number of halogens is 3. The first-order valence-corrected chi connectivity index (χ1v) is 12.8. The molecule has 0 atom stereocenters. The topological polar surface area (TPSA) is 71.9 Å². The van der Waals surface area contributed by atoms with Crippen LogP contribution >= 0.6 is 0 Å². The van der Waals surface area contributed by atoms with Crippen LogP contribution in [0.25, 0.3) is 10.9 Å². The molecule has 6 nitrogen and oxygen atoms in total. The lowest BCUT2D eigenvalue weighted by molar-refractivity contribution is -0.140. The first-order chi connectivity index (χ1) is 18.2. The van der Waals surface area contributed by atoms with Crippen molar-refractivity contribution in [2.75, 3.05) is 33.4 Å². The molecule has 2 aromatic carbocycles. The van der Waals surface area contributed by atoms with Crippen molar-refractivity contribution in [2.24, 2.45) is 5.41 Å². The van der Waals surface area contributed by atoms with Crippen LogP contribution in [0.15, 0.2) is 36.5 Å². The van der Waals surface area contributed by atoms with Crippen molar-refractivity contribution < 1.29 is 32.5 Å². The smallest absolute Gasteiger partial charge is 0.303 e. The normalized spacial score (nSPS) is 15.5. The number of piperidine rings is 1. The predicted octanol–water partition coefficient (Wildman–Crippen LogP) is 5.93. The van der Waals surface area contributed by atoms with Crippen LogP contribution in [0.1, 0.15) is 43.2 Å². The van der Waals surface area contributed by atoms with Gasteiger partial charge >= 0.3 is 5.97 Å². The van der Waals surface area contributed by atoms with Gasteiger partial charge in [0.1, 0.15) is 18.2 Å². The van der Waals surface area contributed by atoms with Crippen LogP contribution in [0.4, 0.5) is 13.2 Å². The summed E-state index contributed by atoms with van der Waals surface area (Å²) < 4.78 is 51.3. The lowest BCUT2D eigenvalue weighted by Gasteiger charge is -2.41. The number of aliphatic carboxylic acids is 1. The zero-order valence-corrected chi connectivity index (χ0v) is 21.7. The van der Waals surface area contributed by atoms with E-state index in [1.807, 2.05) is 31.3 Å². The summed E-state index contributed by atoms with van der Waals surface area (Å²) in [5.41, 5.74) is 2.90. The van der Waals surface area contributed by atoms with E-state index in [4.69, 9.17) is 9.47 Å². The molecule has 38 heavy (non-hydrogen) atoms. The van der Waals surface area contributed by atoms with E-state index in [0.717, 1.165) is 47.5 Å². The Bertz CT molecular complexity index is 1290. The van der Waals surface area contributed by atoms with Crippen LogP contribution in [0, 0.1) is 29.8 Å². The molecule has 1 aliphatic heterocycles. The van der Waals surface area contributed by atoms with Crippen molar-refractivity contribution in [1.29, 1.82) is 0 Å². The Labute approximate surface area is 220 Å². The number of carboxylic acids is 1. The maximum Gasteiger partial charge on any atom is 0.303 e. The highest BCUT2D eigenvalue weighted by molar-refractivity contribution is 5.84. The van der Waals surface area contributed by atoms with Gasteiger partial charge in [-0.15, -0.1) is 0 Å². The number of benzene rings is 2. The van der Waals surface area contributed by atoms with Gasteiger partial charge in [0.25, 0.3) is 0 Å². The molecule has 0 aliphatic carbocycles. The number of nitrogens with zero attached hydrogens (tertiary/aromatic N) is 2. The molecule has 4 rings (SSSR count). The van der Waals surface area contributed by atoms with Gasteiger partial charge in [0.05, 0.1) is 19.0 Å². The monoisotopic (exact) mass is 530 g/mol. The van der Waals surface area contributed by atoms with Crippen molar-refractivity contribution >= 4 is 16.9 Å². The number of carboxylic acid groups (broad SMARTS) is 1. The molecule has 2 heterocycles. The van der Waals surface area contributed by atoms with E-state index in [1.54, 1.807) is 7.11 Å². The molecule has 0 bridgehead atoms. The molecule has 0 radical (unpaired) electrons.